The number of hydrogen-bond acceptors (Lipinski definition) is 3. The molecule has 0 spiro atoms. The fourth-order valence-corrected chi connectivity index (χ4v) is 1.58. The summed E-state index contributed by atoms with van der Waals surface area (Å²) in [5.74, 6) is -1.30. The fourth-order valence-electron chi connectivity index (χ4n) is 1.58. The molecule has 2 N–H and O–H groups in total. The number of rotatable bonds is 5. The third-order valence-electron chi connectivity index (χ3n) is 2.51. The summed E-state index contributed by atoms with van der Waals surface area (Å²) in [4.78, 5) is 26.0. The van der Waals surface area contributed by atoms with Crippen LogP contribution in [0.3, 0.4) is 0 Å². The summed E-state index contributed by atoms with van der Waals surface area (Å²) >= 11 is 0. The number of carboxylic acids is 1. The number of carbonyl (C=O) groups is 2. The van der Waals surface area contributed by atoms with Crippen LogP contribution >= 0.6 is 0 Å². The highest BCUT2D eigenvalue weighted by Crippen LogP contribution is 1.98. The van der Waals surface area contributed by atoms with Crippen LogP contribution in [-0.2, 0) is 17.9 Å². The van der Waals surface area contributed by atoms with Crippen LogP contribution in [0.5, 0.6) is 0 Å². The summed E-state index contributed by atoms with van der Waals surface area (Å²) in [7, 11) is 0. The zero-order chi connectivity index (χ0) is 13.7. The standard InChI is InChI=1S/C13H13N3O3/c17-12(14-6-10-4-2-1-3-5-10)8-16-7-11(13(18)19)15-9-16/h1-5,7,9H,6,8H2,(H,14,17)(H,18,19). The number of amides is 1. The van der Waals surface area contributed by atoms with Gasteiger partial charge >= 0.3 is 5.97 Å². The molecule has 2 rings (SSSR count). The van der Waals surface area contributed by atoms with Gasteiger partial charge in [-0.05, 0) is 5.56 Å². The maximum atomic E-state index is 11.7. The smallest absolute Gasteiger partial charge is 0.356 e. The van der Waals surface area contributed by atoms with E-state index >= 15 is 0 Å². The Bertz CT molecular complexity index is 578. The molecule has 1 aromatic heterocycles. The Hall–Kier alpha value is -2.63. The number of carboxylic acid groups (broad SMARTS) is 1. The molecule has 6 nitrogen and oxygen atoms in total. The molecule has 0 aliphatic rings. The maximum Gasteiger partial charge on any atom is 0.356 e. The molecular formula is C13H13N3O3. The number of aromatic nitrogens is 2. The quantitative estimate of drug-likeness (QED) is 0.835. The first-order valence-corrected chi connectivity index (χ1v) is 5.71. The third kappa shape index (κ3) is 3.67. The monoisotopic (exact) mass is 259 g/mol. The van der Waals surface area contributed by atoms with Crippen molar-refractivity contribution in [3.63, 3.8) is 0 Å². The summed E-state index contributed by atoms with van der Waals surface area (Å²) in [6.07, 6.45) is 2.65. The molecule has 1 aromatic carbocycles. The van der Waals surface area contributed by atoms with Crippen molar-refractivity contribution in [2.45, 2.75) is 13.1 Å². The van der Waals surface area contributed by atoms with Crippen molar-refractivity contribution in [3.05, 3.63) is 54.1 Å². The van der Waals surface area contributed by atoms with E-state index in [1.807, 2.05) is 30.3 Å². The Morgan fingerprint density at radius 2 is 2.00 bits per heavy atom. The number of carbonyl (C=O) groups excluding carboxylic acids is 1. The van der Waals surface area contributed by atoms with E-state index in [9.17, 15) is 9.59 Å². The largest absolute Gasteiger partial charge is 0.476 e. The lowest BCUT2D eigenvalue weighted by Gasteiger charge is -2.05. The van der Waals surface area contributed by atoms with Crippen molar-refractivity contribution in [3.8, 4) is 0 Å². The average Bonchev–Trinajstić information content (AvgIpc) is 2.86. The Morgan fingerprint density at radius 1 is 1.26 bits per heavy atom. The molecule has 6 heteroatoms. The van der Waals surface area contributed by atoms with Crippen molar-refractivity contribution in [1.82, 2.24) is 14.9 Å². The average molecular weight is 259 g/mol. The first-order chi connectivity index (χ1) is 9.15. The minimum atomic E-state index is -1.11. The zero-order valence-electron chi connectivity index (χ0n) is 10.1. The first kappa shape index (κ1) is 12.8. The Balaban J connectivity index is 1.85. The Labute approximate surface area is 109 Å². The number of nitrogens with zero attached hydrogens (tertiary/aromatic N) is 2. The number of imidazole rings is 1. The van der Waals surface area contributed by atoms with E-state index in [0.29, 0.717) is 6.54 Å². The summed E-state index contributed by atoms with van der Waals surface area (Å²) in [5, 5.41) is 11.5. The van der Waals surface area contributed by atoms with Gasteiger partial charge in [-0.2, -0.15) is 0 Å². The van der Waals surface area contributed by atoms with E-state index in [1.165, 1.54) is 17.1 Å². The van der Waals surface area contributed by atoms with Gasteiger partial charge in [0.15, 0.2) is 5.69 Å². The lowest BCUT2D eigenvalue weighted by atomic mass is 10.2. The second kappa shape index (κ2) is 5.81. The zero-order valence-corrected chi connectivity index (χ0v) is 10.1. The summed E-state index contributed by atoms with van der Waals surface area (Å²) < 4.78 is 1.43. The molecule has 0 atom stereocenters. The fraction of sp³-hybridized carbons (Fsp3) is 0.154. The van der Waals surface area contributed by atoms with Crippen LogP contribution in [0.25, 0.3) is 0 Å². The van der Waals surface area contributed by atoms with Gasteiger partial charge < -0.3 is 15.0 Å². The lowest BCUT2D eigenvalue weighted by Crippen LogP contribution is -2.26. The second-order valence-corrected chi connectivity index (χ2v) is 4.00. The van der Waals surface area contributed by atoms with Crippen molar-refractivity contribution in [2.75, 3.05) is 0 Å². The van der Waals surface area contributed by atoms with Gasteiger partial charge in [0.1, 0.15) is 6.54 Å². The van der Waals surface area contributed by atoms with Gasteiger partial charge in [-0.25, -0.2) is 9.78 Å². The van der Waals surface area contributed by atoms with Gasteiger partial charge in [-0.15, -0.1) is 0 Å². The maximum absolute atomic E-state index is 11.7. The van der Waals surface area contributed by atoms with Crippen LogP contribution in [0.15, 0.2) is 42.9 Å². The summed E-state index contributed by atoms with van der Waals surface area (Å²) in [5.41, 5.74) is 0.934. The van der Waals surface area contributed by atoms with Crippen molar-refractivity contribution in [2.24, 2.45) is 0 Å². The molecule has 0 saturated carbocycles. The van der Waals surface area contributed by atoms with Gasteiger partial charge in [0.25, 0.3) is 0 Å². The molecule has 1 amide bonds. The van der Waals surface area contributed by atoms with Crippen molar-refractivity contribution in [1.29, 1.82) is 0 Å². The van der Waals surface area contributed by atoms with E-state index in [-0.39, 0.29) is 18.1 Å². The molecule has 0 fully saturated rings. The topological polar surface area (TPSA) is 84.2 Å². The number of nitrogens with one attached hydrogen (secondary N) is 1. The van der Waals surface area contributed by atoms with E-state index in [1.54, 1.807) is 0 Å². The van der Waals surface area contributed by atoms with Crippen LogP contribution in [0.2, 0.25) is 0 Å². The van der Waals surface area contributed by atoms with Crippen LogP contribution in [0.4, 0.5) is 0 Å². The molecule has 0 unspecified atom stereocenters. The molecule has 98 valence electrons. The SMILES string of the molecule is O=C(Cn1cnc(C(=O)O)c1)NCc1ccccc1. The van der Waals surface area contributed by atoms with Crippen molar-refractivity contribution < 1.29 is 14.7 Å². The Morgan fingerprint density at radius 3 is 2.63 bits per heavy atom. The molecule has 1 heterocycles. The molecule has 0 aliphatic carbocycles. The minimum absolute atomic E-state index is 0.0487. The van der Waals surface area contributed by atoms with E-state index in [4.69, 9.17) is 5.11 Å². The molecular weight excluding hydrogens is 246 g/mol. The molecule has 0 radical (unpaired) electrons. The van der Waals surface area contributed by atoms with Gasteiger partial charge in [-0.3, -0.25) is 4.79 Å². The highest BCUT2D eigenvalue weighted by molar-refractivity contribution is 5.85. The van der Waals surface area contributed by atoms with Crippen LogP contribution < -0.4 is 5.32 Å². The first-order valence-electron chi connectivity index (χ1n) is 5.71. The highest BCUT2D eigenvalue weighted by atomic mass is 16.4. The van der Waals surface area contributed by atoms with Gasteiger partial charge in [0.05, 0.1) is 6.33 Å². The van der Waals surface area contributed by atoms with Crippen molar-refractivity contribution >= 4 is 11.9 Å². The van der Waals surface area contributed by atoms with E-state index < -0.39 is 5.97 Å². The predicted molar refractivity (Wildman–Crippen MR) is 67.5 cm³/mol. The third-order valence-corrected chi connectivity index (χ3v) is 2.51. The molecule has 0 bridgehead atoms. The lowest BCUT2D eigenvalue weighted by molar-refractivity contribution is -0.121. The van der Waals surface area contributed by atoms with Crippen LogP contribution in [-0.4, -0.2) is 26.5 Å². The highest BCUT2D eigenvalue weighted by Gasteiger charge is 2.08. The van der Waals surface area contributed by atoms with Crippen LogP contribution in [0.1, 0.15) is 16.1 Å². The molecule has 0 aliphatic heterocycles. The number of aromatic carboxylic acids is 1. The van der Waals surface area contributed by atoms with E-state index in [0.717, 1.165) is 5.56 Å². The minimum Gasteiger partial charge on any atom is -0.476 e. The van der Waals surface area contributed by atoms with Gasteiger partial charge in [-0.1, -0.05) is 30.3 Å². The molecule has 2 aromatic rings. The van der Waals surface area contributed by atoms with Gasteiger partial charge in [0.2, 0.25) is 5.91 Å². The number of benzene rings is 1. The van der Waals surface area contributed by atoms with Crippen LogP contribution in [0, 0.1) is 0 Å². The summed E-state index contributed by atoms with van der Waals surface area (Å²) in [6.45, 7) is 0.493. The Kier molecular flexibility index (Phi) is 3.92. The second-order valence-electron chi connectivity index (χ2n) is 4.00. The predicted octanol–water partition coefficient (Wildman–Crippen LogP) is 0.898. The normalized spacial score (nSPS) is 10.1. The number of hydrogen-bond donors (Lipinski definition) is 2. The molecule has 0 saturated heterocycles. The molecule has 19 heavy (non-hydrogen) atoms. The van der Waals surface area contributed by atoms with Gasteiger partial charge in [0, 0.05) is 12.7 Å². The summed E-state index contributed by atoms with van der Waals surface area (Å²) in [6, 6.07) is 9.54. The van der Waals surface area contributed by atoms with E-state index in [2.05, 4.69) is 10.3 Å².